The van der Waals surface area contributed by atoms with E-state index in [1.54, 1.807) is 0 Å². The van der Waals surface area contributed by atoms with Crippen molar-refractivity contribution in [1.82, 2.24) is 14.9 Å². The molecule has 1 aromatic carbocycles. The Balaban J connectivity index is 2.38. The molecule has 0 aliphatic heterocycles. The maximum Gasteiger partial charge on any atom is 0.317 e. The monoisotopic (exact) mass is 295 g/mol. The lowest BCUT2D eigenvalue weighted by Crippen LogP contribution is -2.40. The largest absolute Gasteiger partial charge is 0.383 e. The van der Waals surface area contributed by atoms with Crippen molar-refractivity contribution in [2.45, 2.75) is 6.54 Å². The quantitative estimate of drug-likeness (QED) is 0.579. The molecule has 8 heteroatoms. The molecule has 112 valence electrons. The van der Waals surface area contributed by atoms with Crippen LogP contribution in [0.4, 0.5) is 4.39 Å². The van der Waals surface area contributed by atoms with Gasteiger partial charge in [-0.2, -0.15) is 0 Å². The Hall–Kier alpha value is -2.48. The molecule has 7 nitrogen and oxygen atoms in total. The Kier molecular flexibility index (Phi) is 4.49. The van der Waals surface area contributed by atoms with Crippen molar-refractivity contribution in [3.63, 3.8) is 0 Å². The number of aromatic amines is 1. The number of methoxy groups -OCH3 is 1. The normalized spacial score (nSPS) is 10.8. The number of nitrogens with one attached hydrogen (secondary N) is 2. The number of hydrogen-bond donors (Lipinski definition) is 2. The number of nitrogens with zero attached hydrogens (tertiary/aromatic N) is 1. The first kappa shape index (κ1) is 14.9. The van der Waals surface area contributed by atoms with Gasteiger partial charge in [0.2, 0.25) is 5.91 Å². The molecule has 0 spiro atoms. The number of carbonyl (C=O) groups excluding carboxylic acids is 1. The molecule has 21 heavy (non-hydrogen) atoms. The third-order valence-corrected chi connectivity index (χ3v) is 2.87. The zero-order valence-electron chi connectivity index (χ0n) is 11.3. The van der Waals surface area contributed by atoms with Crippen LogP contribution in [0.3, 0.4) is 0 Å². The number of aromatic nitrogens is 2. The van der Waals surface area contributed by atoms with Crippen molar-refractivity contribution in [3.05, 3.63) is 44.7 Å². The van der Waals surface area contributed by atoms with Gasteiger partial charge in [-0.25, -0.2) is 4.39 Å². The summed E-state index contributed by atoms with van der Waals surface area (Å²) in [5.41, 5.74) is -1.33. The molecule has 0 fully saturated rings. The summed E-state index contributed by atoms with van der Waals surface area (Å²) >= 11 is 0. The van der Waals surface area contributed by atoms with E-state index < -0.39 is 22.8 Å². The van der Waals surface area contributed by atoms with Crippen LogP contribution in [-0.4, -0.2) is 35.7 Å². The SMILES string of the molecule is COCCNC(=O)Cn1c(=O)c(=O)[nH]c2cc(F)ccc21. The Morgan fingerprint density at radius 3 is 2.90 bits per heavy atom. The molecule has 0 aliphatic rings. The number of rotatable bonds is 5. The smallest absolute Gasteiger partial charge is 0.317 e. The van der Waals surface area contributed by atoms with Crippen LogP contribution >= 0.6 is 0 Å². The molecule has 2 rings (SSSR count). The Morgan fingerprint density at radius 2 is 2.19 bits per heavy atom. The summed E-state index contributed by atoms with van der Waals surface area (Å²) in [6.07, 6.45) is 0. The summed E-state index contributed by atoms with van der Waals surface area (Å²) in [5.74, 6) is -0.988. The van der Waals surface area contributed by atoms with Crippen molar-refractivity contribution in [1.29, 1.82) is 0 Å². The highest BCUT2D eigenvalue weighted by atomic mass is 19.1. The van der Waals surface area contributed by atoms with Crippen LogP contribution in [0.5, 0.6) is 0 Å². The number of H-pyrrole nitrogens is 1. The first-order chi connectivity index (χ1) is 10.0. The fourth-order valence-corrected chi connectivity index (χ4v) is 1.90. The summed E-state index contributed by atoms with van der Waals surface area (Å²) in [6, 6.07) is 3.58. The number of hydrogen-bond acceptors (Lipinski definition) is 4. The average molecular weight is 295 g/mol. The molecular weight excluding hydrogens is 281 g/mol. The molecule has 2 aromatic rings. The van der Waals surface area contributed by atoms with E-state index in [9.17, 15) is 18.8 Å². The standard InChI is InChI=1S/C13H14FN3O4/c1-21-5-4-15-11(18)7-17-10-3-2-8(14)6-9(10)16-12(19)13(17)20/h2-3,6H,4-5,7H2,1H3,(H,15,18)(H,16,19). The van der Waals surface area contributed by atoms with Crippen LogP contribution < -0.4 is 16.4 Å². The van der Waals surface area contributed by atoms with E-state index in [4.69, 9.17) is 4.74 Å². The van der Waals surface area contributed by atoms with E-state index in [2.05, 4.69) is 10.3 Å². The van der Waals surface area contributed by atoms with Gasteiger partial charge >= 0.3 is 11.1 Å². The van der Waals surface area contributed by atoms with E-state index >= 15 is 0 Å². The van der Waals surface area contributed by atoms with E-state index in [0.717, 1.165) is 16.7 Å². The number of ether oxygens (including phenoxy) is 1. The maximum atomic E-state index is 13.2. The van der Waals surface area contributed by atoms with Gasteiger partial charge in [-0.15, -0.1) is 0 Å². The molecule has 1 aromatic heterocycles. The summed E-state index contributed by atoms with van der Waals surface area (Å²) in [6.45, 7) is 0.302. The fourth-order valence-electron chi connectivity index (χ4n) is 1.90. The minimum Gasteiger partial charge on any atom is -0.383 e. The van der Waals surface area contributed by atoms with Crippen LogP contribution in [0.15, 0.2) is 27.8 Å². The first-order valence-corrected chi connectivity index (χ1v) is 6.21. The Morgan fingerprint density at radius 1 is 1.43 bits per heavy atom. The maximum absolute atomic E-state index is 13.2. The topological polar surface area (TPSA) is 93.2 Å². The predicted octanol–water partition coefficient (Wildman–Crippen LogP) is -0.408. The van der Waals surface area contributed by atoms with E-state index in [1.165, 1.54) is 13.2 Å². The first-order valence-electron chi connectivity index (χ1n) is 6.21. The van der Waals surface area contributed by atoms with Crippen LogP contribution in [0, 0.1) is 5.82 Å². The van der Waals surface area contributed by atoms with Gasteiger partial charge in [0.25, 0.3) is 0 Å². The van der Waals surface area contributed by atoms with Crippen molar-refractivity contribution in [2.75, 3.05) is 20.3 Å². The Bertz CT molecular complexity index is 781. The molecular formula is C13H14FN3O4. The highest BCUT2D eigenvalue weighted by Gasteiger charge is 2.11. The summed E-state index contributed by atoms with van der Waals surface area (Å²) in [7, 11) is 1.50. The number of benzene rings is 1. The molecule has 1 heterocycles. The summed E-state index contributed by atoms with van der Waals surface area (Å²) in [5, 5.41) is 2.54. The minimum atomic E-state index is -0.905. The van der Waals surface area contributed by atoms with Crippen LogP contribution in [0.2, 0.25) is 0 Å². The molecule has 0 bridgehead atoms. The molecule has 0 aliphatic carbocycles. The van der Waals surface area contributed by atoms with Crippen molar-refractivity contribution in [3.8, 4) is 0 Å². The highest BCUT2D eigenvalue weighted by Crippen LogP contribution is 2.10. The van der Waals surface area contributed by atoms with E-state index in [0.29, 0.717) is 13.2 Å². The van der Waals surface area contributed by atoms with Gasteiger partial charge in [0.15, 0.2) is 0 Å². The van der Waals surface area contributed by atoms with Crippen LogP contribution in [-0.2, 0) is 16.1 Å². The second-order valence-electron chi connectivity index (χ2n) is 4.35. The highest BCUT2D eigenvalue weighted by molar-refractivity contribution is 5.79. The lowest BCUT2D eigenvalue weighted by molar-refractivity contribution is -0.121. The van der Waals surface area contributed by atoms with Crippen LogP contribution in [0.1, 0.15) is 0 Å². The number of fused-ring (bicyclic) bond motifs is 1. The lowest BCUT2D eigenvalue weighted by atomic mass is 10.3. The molecule has 0 atom stereocenters. The molecule has 0 radical (unpaired) electrons. The van der Waals surface area contributed by atoms with E-state index in [1.807, 2.05) is 0 Å². The predicted molar refractivity (Wildman–Crippen MR) is 73.7 cm³/mol. The van der Waals surface area contributed by atoms with E-state index in [-0.39, 0.29) is 17.6 Å². The molecule has 0 saturated heterocycles. The molecule has 2 N–H and O–H groups in total. The number of carbonyl (C=O) groups is 1. The average Bonchev–Trinajstić information content (AvgIpc) is 2.44. The fraction of sp³-hybridized carbons (Fsp3) is 0.308. The second kappa shape index (κ2) is 6.31. The van der Waals surface area contributed by atoms with Crippen molar-refractivity contribution >= 4 is 16.9 Å². The molecule has 1 amide bonds. The third-order valence-electron chi connectivity index (χ3n) is 2.87. The van der Waals surface area contributed by atoms with Gasteiger partial charge in [-0.1, -0.05) is 0 Å². The number of halogens is 1. The third kappa shape index (κ3) is 3.34. The molecule has 0 unspecified atom stereocenters. The van der Waals surface area contributed by atoms with Gasteiger partial charge < -0.3 is 15.0 Å². The van der Waals surface area contributed by atoms with Gasteiger partial charge in [0.05, 0.1) is 17.6 Å². The second-order valence-corrected chi connectivity index (χ2v) is 4.35. The van der Waals surface area contributed by atoms with Gasteiger partial charge in [0.1, 0.15) is 12.4 Å². The zero-order valence-corrected chi connectivity index (χ0v) is 11.3. The lowest BCUT2D eigenvalue weighted by Gasteiger charge is -2.10. The van der Waals surface area contributed by atoms with Gasteiger partial charge in [-0.05, 0) is 18.2 Å². The summed E-state index contributed by atoms with van der Waals surface area (Å²) < 4.78 is 19.0. The minimum absolute atomic E-state index is 0.157. The zero-order chi connectivity index (χ0) is 15.4. The van der Waals surface area contributed by atoms with Gasteiger partial charge in [0, 0.05) is 13.7 Å². The molecule has 0 saturated carbocycles. The summed E-state index contributed by atoms with van der Waals surface area (Å²) in [4.78, 5) is 37.4. The van der Waals surface area contributed by atoms with Crippen LogP contribution in [0.25, 0.3) is 11.0 Å². The Labute approximate surface area is 118 Å². The number of amides is 1. The van der Waals surface area contributed by atoms with Crippen molar-refractivity contribution < 1.29 is 13.9 Å². The van der Waals surface area contributed by atoms with Crippen molar-refractivity contribution in [2.24, 2.45) is 0 Å². The van der Waals surface area contributed by atoms with Gasteiger partial charge in [-0.3, -0.25) is 19.0 Å².